The highest BCUT2D eigenvalue weighted by molar-refractivity contribution is 5.93. The molecule has 3 rings (SSSR count). The van der Waals surface area contributed by atoms with Gasteiger partial charge >= 0.3 is 0 Å². The van der Waals surface area contributed by atoms with Crippen molar-refractivity contribution >= 4 is 5.91 Å². The second-order valence-electron chi connectivity index (χ2n) is 7.17. The zero-order chi connectivity index (χ0) is 17.6. The quantitative estimate of drug-likeness (QED) is 0.879. The van der Waals surface area contributed by atoms with Crippen LogP contribution in [-0.4, -0.2) is 64.7 Å². The maximum absolute atomic E-state index is 12.9. The molecule has 0 aliphatic carbocycles. The van der Waals surface area contributed by atoms with Crippen LogP contribution in [-0.2, 0) is 4.74 Å². The number of carbonyl (C=O) groups excluding carboxylic acids is 1. The lowest BCUT2D eigenvalue weighted by molar-refractivity contribution is 0.0432. The molecular formula is C18H31N5O2. The molecule has 2 aliphatic heterocycles. The Morgan fingerprint density at radius 3 is 2.80 bits per heavy atom. The smallest absolute Gasteiger partial charge is 0.276 e. The third-order valence-electron chi connectivity index (χ3n) is 5.30. The fourth-order valence-corrected chi connectivity index (χ4v) is 3.81. The summed E-state index contributed by atoms with van der Waals surface area (Å²) in [5.74, 6) is 0.0221. The summed E-state index contributed by atoms with van der Waals surface area (Å²) in [4.78, 5) is 14.9. The number of amides is 1. The molecule has 7 nitrogen and oxygen atoms in total. The first-order chi connectivity index (χ1) is 12.2. The predicted octanol–water partition coefficient (Wildman–Crippen LogP) is 1.93. The van der Waals surface area contributed by atoms with Gasteiger partial charge in [-0.15, -0.1) is 5.10 Å². The molecule has 3 heterocycles. The molecule has 0 aromatic carbocycles. The van der Waals surface area contributed by atoms with Crippen LogP contribution in [0.15, 0.2) is 0 Å². The molecule has 7 heteroatoms. The van der Waals surface area contributed by atoms with Gasteiger partial charge in [0.15, 0.2) is 5.69 Å². The molecule has 2 fully saturated rings. The van der Waals surface area contributed by atoms with Crippen molar-refractivity contribution in [1.29, 1.82) is 0 Å². The van der Waals surface area contributed by atoms with Gasteiger partial charge < -0.3 is 15.0 Å². The number of piperidine rings is 1. The summed E-state index contributed by atoms with van der Waals surface area (Å²) in [6, 6.07) is 0.353. The zero-order valence-electron chi connectivity index (χ0n) is 15.5. The van der Waals surface area contributed by atoms with E-state index < -0.39 is 0 Å². The topological polar surface area (TPSA) is 72.3 Å². The Kier molecular flexibility index (Phi) is 6.42. The minimum Gasteiger partial charge on any atom is -0.378 e. The van der Waals surface area contributed by atoms with Crippen LogP contribution in [0.3, 0.4) is 0 Å². The molecule has 0 saturated carbocycles. The molecule has 2 saturated heterocycles. The van der Waals surface area contributed by atoms with Crippen molar-refractivity contribution in [1.82, 2.24) is 25.2 Å². The molecule has 1 atom stereocenters. The number of aromatic nitrogens is 3. The Morgan fingerprint density at radius 2 is 2.04 bits per heavy atom. The molecule has 0 spiro atoms. The second kappa shape index (κ2) is 8.76. The maximum Gasteiger partial charge on any atom is 0.276 e. The first kappa shape index (κ1) is 18.3. The van der Waals surface area contributed by atoms with E-state index in [4.69, 9.17) is 4.74 Å². The van der Waals surface area contributed by atoms with E-state index in [0.717, 1.165) is 77.0 Å². The largest absolute Gasteiger partial charge is 0.378 e. The van der Waals surface area contributed by atoms with Crippen molar-refractivity contribution < 1.29 is 9.53 Å². The highest BCUT2D eigenvalue weighted by Gasteiger charge is 2.27. The van der Waals surface area contributed by atoms with Gasteiger partial charge in [-0.2, -0.15) is 0 Å². The standard InChI is InChI=1S/C18H31N5O2/c1-3-13-25-16-5-4-11-22(12-8-16)18(24)17-14(2)23(21-20-17)15-6-9-19-10-7-15/h15-16,19H,3-13H2,1-2H3. The molecule has 1 aromatic rings. The first-order valence-corrected chi connectivity index (χ1v) is 9.74. The summed E-state index contributed by atoms with van der Waals surface area (Å²) >= 11 is 0. The summed E-state index contributed by atoms with van der Waals surface area (Å²) in [6.07, 6.45) is 6.33. The average Bonchev–Trinajstić information content (AvgIpc) is 2.87. The average molecular weight is 349 g/mol. The Labute approximate surface area is 150 Å². The van der Waals surface area contributed by atoms with Crippen LogP contribution in [0, 0.1) is 6.92 Å². The first-order valence-electron chi connectivity index (χ1n) is 9.74. The van der Waals surface area contributed by atoms with E-state index in [1.807, 2.05) is 16.5 Å². The van der Waals surface area contributed by atoms with Crippen LogP contribution in [0.2, 0.25) is 0 Å². The van der Waals surface area contributed by atoms with E-state index in [2.05, 4.69) is 22.6 Å². The lowest BCUT2D eigenvalue weighted by atomic mass is 10.1. The molecule has 140 valence electrons. The van der Waals surface area contributed by atoms with Crippen LogP contribution < -0.4 is 5.32 Å². The van der Waals surface area contributed by atoms with Crippen molar-refractivity contribution in [3.05, 3.63) is 11.4 Å². The molecule has 1 unspecified atom stereocenters. The van der Waals surface area contributed by atoms with Gasteiger partial charge in [0.05, 0.1) is 17.8 Å². The van der Waals surface area contributed by atoms with Crippen molar-refractivity contribution in [3.8, 4) is 0 Å². The van der Waals surface area contributed by atoms with E-state index in [-0.39, 0.29) is 12.0 Å². The lowest BCUT2D eigenvalue weighted by Gasteiger charge is -2.24. The summed E-state index contributed by atoms with van der Waals surface area (Å²) < 4.78 is 7.83. The molecule has 0 bridgehead atoms. The van der Waals surface area contributed by atoms with E-state index in [0.29, 0.717) is 11.7 Å². The molecule has 1 N–H and O–H groups in total. The van der Waals surface area contributed by atoms with Crippen molar-refractivity contribution in [2.24, 2.45) is 0 Å². The summed E-state index contributed by atoms with van der Waals surface area (Å²) in [5, 5.41) is 11.9. The Morgan fingerprint density at radius 1 is 1.24 bits per heavy atom. The predicted molar refractivity (Wildman–Crippen MR) is 95.7 cm³/mol. The SMILES string of the molecule is CCCOC1CCCN(C(=O)c2nnn(C3CCNCC3)c2C)CC1. The van der Waals surface area contributed by atoms with E-state index in [9.17, 15) is 4.79 Å². The maximum atomic E-state index is 12.9. The van der Waals surface area contributed by atoms with Gasteiger partial charge in [-0.3, -0.25) is 4.79 Å². The number of carbonyl (C=O) groups is 1. The number of hydrogen-bond donors (Lipinski definition) is 1. The van der Waals surface area contributed by atoms with Crippen molar-refractivity contribution in [2.45, 2.75) is 64.5 Å². The number of likely N-dealkylation sites (tertiary alicyclic amines) is 1. The number of rotatable bonds is 5. The molecule has 25 heavy (non-hydrogen) atoms. The van der Waals surface area contributed by atoms with Crippen molar-refractivity contribution in [2.75, 3.05) is 32.8 Å². The molecule has 2 aliphatic rings. The summed E-state index contributed by atoms with van der Waals surface area (Å²) in [7, 11) is 0. The second-order valence-corrected chi connectivity index (χ2v) is 7.17. The van der Waals surface area contributed by atoms with E-state index in [1.165, 1.54) is 0 Å². The van der Waals surface area contributed by atoms with E-state index >= 15 is 0 Å². The normalized spacial score (nSPS) is 22.8. The highest BCUT2D eigenvalue weighted by atomic mass is 16.5. The Bertz CT molecular complexity index is 568. The van der Waals surface area contributed by atoms with Gasteiger partial charge in [0.2, 0.25) is 0 Å². The van der Waals surface area contributed by atoms with Crippen LogP contribution >= 0.6 is 0 Å². The number of nitrogens with zero attached hydrogens (tertiary/aromatic N) is 4. The Hall–Kier alpha value is -1.47. The molecule has 1 aromatic heterocycles. The van der Waals surface area contributed by atoms with Crippen molar-refractivity contribution in [3.63, 3.8) is 0 Å². The third-order valence-corrected chi connectivity index (χ3v) is 5.30. The van der Waals surface area contributed by atoms with Gasteiger partial charge in [0.25, 0.3) is 5.91 Å². The zero-order valence-corrected chi connectivity index (χ0v) is 15.5. The van der Waals surface area contributed by atoms with Crippen LogP contribution in [0.25, 0.3) is 0 Å². The van der Waals surface area contributed by atoms with Crippen LogP contribution in [0.1, 0.15) is 67.7 Å². The molecular weight excluding hydrogens is 318 g/mol. The number of hydrogen-bond acceptors (Lipinski definition) is 5. The van der Waals surface area contributed by atoms with Gasteiger partial charge in [-0.1, -0.05) is 12.1 Å². The Balaban J connectivity index is 1.63. The molecule has 1 amide bonds. The monoisotopic (exact) mass is 349 g/mol. The van der Waals surface area contributed by atoms with Crippen LogP contribution in [0.5, 0.6) is 0 Å². The van der Waals surface area contributed by atoms with Gasteiger partial charge in [0, 0.05) is 19.7 Å². The minimum absolute atomic E-state index is 0.0221. The number of nitrogens with one attached hydrogen (secondary N) is 1. The minimum atomic E-state index is 0.0221. The fourth-order valence-electron chi connectivity index (χ4n) is 3.81. The van der Waals surface area contributed by atoms with Crippen LogP contribution in [0.4, 0.5) is 0 Å². The highest BCUT2D eigenvalue weighted by Crippen LogP contribution is 2.22. The number of ether oxygens (including phenoxy) is 1. The summed E-state index contributed by atoms with van der Waals surface area (Å²) in [6.45, 7) is 8.43. The van der Waals surface area contributed by atoms with Gasteiger partial charge in [0.1, 0.15) is 0 Å². The van der Waals surface area contributed by atoms with Gasteiger partial charge in [-0.25, -0.2) is 4.68 Å². The third kappa shape index (κ3) is 4.39. The summed E-state index contributed by atoms with van der Waals surface area (Å²) in [5.41, 5.74) is 1.42. The van der Waals surface area contributed by atoms with Gasteiger partial charge in [-0.05, 0) is 58.5 Å². The molecule has 0 radical (unpaired) electrons. The fraction of sp³-hybridized carbons (Fsp3) is 0.833. The van der Waals surface area contributed by atoms with E-state index in [1.54, 1.807) is 0 Å². The lowest BCUT2D eigenvalue weighted by Crippen LogP contribution is -2.33.